The van der Waals surface area contributed by atoms with Crippen LogP contribution in [-0.2, 0) is 4.79 Å². The van der Waals surface area contributed by atoms with Crippen LogP contribution in [0.1, 0.15) is 0 Å². The Kier molecular flexibility index (Phi) is 3.73. The first kappa shape index (κ1) is 10.8. The molecule has 0 aliphatic rings. The molecule has 1 rings (SSSR count). The van der Waals surface area contributed by atoms with E-state index < -0.39 is 5.97 Å². The zero-order valence-electron chi connectivity index (χ0n) is 6.87. The van der Waals surface area contributed by atoms with E-state index in [0.29, 0.717) is 15.7 Å². The lowest BCUT2D eigenvalue weighted by molar-refractivity contribution is -0.128. The maximum Gasteiger partial charge on any atom is 0.348 e. The van der Waals surface area contributed by atoms with Crippen LogP contribution in [0.15, 0.2) is 23.3 Å². The standard InChI is InChI=1S/C8H6Cl2N2O2/c9-5-1-2-7(6(10)3-5)12-11-4-8(13)14/h1-4,12H,(H,13,14)/b11-4+. The summed E-state index contributed by atoms with van der Waals surface area (Å²) in [6.07, 6.45) is 0.727. The Labute approximate surface area is 90.1 Å². The first-order valence-electron chi connectivity index (χ1n) is 3.56. The van der Waals surface area contributed by atoms with Gasteiger partial charge in [-0.05, 0) is 18.2 Å². The Morgan fingerprint density at radius 1 is 1.50 bits per heavy atom. The van der Waals surface area contributed by atoms with Gasteiger partial charge in [0.25, 0.3) is 0 Å². The van der Waals surface area contributed by atoms with E-state index >= 15 is 0 Å². The highest BCUT2D eigenvalue weighted by Gasteiger charge is 1.98. The number of hydrazone groups is 1. The highest BCUT2D eigenvalue weighted by molar-refractivity contribution is 6.36. The highest BCUT2D eigenvalue weighted by Crippen LogP contribution is 2.24. The van der Waals surface area contributed by atoms with Crippen LogP contribution in [-0.4, -0.2) is 17.3 Å². The molecule has 0 fully saturated rings. The smallest absolute Gasteiger partial charge is 0.348 e. The number of benzene rings is 1. The molecule has 0 heterocycles. The minimum Gasteiger partial charge on any atom is -0.477 e. The maximum atomic E-state index is 10.1. The molecule has 0 spiro atoms. The van der Waals surface area contributed by atoms with Crippen LogP contribution in [0.2, 0.25) is 10.0 Å². The number of rotatable bonds is 3. The maximum absolute atomic E-state index is 10.1. The molecule has 0 atom stereocenters. The molecule has 0 radical (unpaired) electrons. The van der Waals surface area contributed by atoms with Crippen LogP contribution < -0.4 is 5.43 Å². The summed E-state index contributed by atoms with van der Waals surface area (Å²) in [4.78, 5) is 10.1. The first-order valence-corrected chi connectivity index (χ1v) is 4.32. The zero-order chi connectivity index (χ0) is 10.6. The van der Waals surface area contributed by atoms with Gasteiger partial charge in [0.05, 0.1) is 10.7 Å². The molecule has 0 aliphatic carbocycles. The summed E-state index contributed by atoms with van der Waals surface area (Å²) in [5.74, 6) is -1.14. The molecule has 14 heavy (non-hydrogen) atoms. The summed E-state index contributed by atoms with van der Waals surface area (Å²) in [6, 6.07) is 4.75. The van der Waals surface area contributed by atoms with Crippen molar-refractivity contribution >= 4 is 41.1 Å². The van der Waals surface area contributed by atoms with Crippen LogP contribution >= 0.6 is 23.2 Å². The Hall–Kier alpha value is -1.26. The van der Waals surface area contributed by atoms with Gasteiger partial charge in [-0.1, -0.05) is 23.2 Å². The second kappa shape index (κ2) is 4.83. The molecule has 0 unspecified atom stereocenters. The predicted molar refractivity (Wildman–Crippen MR) is 56.2 cm³/mol. The van der Waals surface area contributed by atoms with E-state index in [-0.39, 0.29) is 0 Å². The second-order valence-corrected chi connectivity index (χ2v) is 3.18. The van der Waals surface area contributed by atoms with Crippen molar-refractivity contribution in [1.82, 2.24) is 0 Å². The number of nitrogens with zero attached hydrogens (tertiary/aromatic N) is 1. The molecule has 1 aromatic carbocycles. The van der Waals surface area contributed by atoms with Crippen LogP contribution in [0.3, 0.4) is 0 Å². The summed E-state index contributed by atoms with van der Waals surface area (Å²) in [6.45, 7) is 0. The molecule has 0 saturated heterocycles. The van der Waals surface area contributed by atoms with Crippen molar-refractivity contribution in [3.05, 3.63) is 28.2 Å². The molecule has 74 valence electrons. The van der Waals surface area contributed by atoms with Gasteiger partial charge in [0, 0.05) is 5.02 Å². The molecule has 0 saturated carbocycles. The van der Waals surface area contributed by atoms with Crippen LogP contribution in [0, 0.1) is 0 Å². The number of anilines is 1. The Bertz CT molecular complexity index is 380. The van der Waals surface area contributed by atoms with Crippen molar-refractivity contribution in [2.45, 2.75) is 0 Å². The summed E-state index contributed by atoms with van der Waals surface area (Å²) < 4.78 is 0. The van der Waals surface area contributed by atoms with E-state index in [9.17, 15) is 4.79 Å². The molecular weight excluding hydrogens is 227 g/mol. The Balaban J connectivity index is 2.73. The van der Waals surface area contributed by atoms with E-state index in [0.717, 1.165) is 6.21 Å². The summed E-state index contributed by atoms with van der Waals surface area (Å²) in [5, 5.41) is 12.6. The average molecular weight is 233 g/mol. The van der Waals surface area contributed by atoms with Gasteiger partial charge >= 0.3 is 5.97 Å². The number of carboxylic acids is 1. The summed E-state index contributed by atoms with van der Waals surface area (Å²) in [7, 11) is 0. The van der Waals surface area contributed by atoms with Crippen molar-refractivity contribution in [2.75, 3.05) is 5.43 Å². The monoisotopic (exact) mass is 232 g/mol. The third-order valence-electron chi connectivity index (χ3n) is 1.29. The fourth-order valence-corrected chi connectivity index (χ4v) is 1.19. The third-order valence-corrected chi connectivity index (χ3v) is 1.84. The van der Waals surface area contributed by atoms with Crippen molar-refractivity contribution in [1.29, 1.82) is 0 Å². The second-order valence-electron chi connectivity index (χ2n) is 2.33. The van der Waals surface area contributed by atoms with Crippen LogP contribution in [0.5, 0.6) is 0 Å². The number of carboxylic acid groups (broad SMARTS) is 1. The van der Waals surface area contributed by atoms with Crippen LogP contribution in [0.25, 0.3) is 0 Å². The number of hydrogen-bond acceptors (Lipinski definition) is 3. The Morgan fingerprint density at radius 3 is 2.79 bits per heavy atom. The van der Waals surface area contributed by atoms with Gasteiger partial charge in [-0.3, -0.25) is 5.43 Å². The lowest BCUT2D eigenvalue weighted by atomic mass is 10.3. The lowest BCUT2D eigenvalue weighted by Gasteiger charge is -2.02. The van der Waals surface area contributed by atoms with Gasteiger partial charge in [0.15, 0.2) is 0 Å². The molecule has 2 N–H and O–H groups in total. The molecule has 0 aromatic heterocycles. The number of halogens is 2. The highest BCUT2D eigenvalue weighted by atomic mass is 35.5. The minimum atomic E-state index is -1.14. The van der Waals surface area contributed by atoms with Crippen LogP contribution in [0.4, 0.5) is 5.69 Å². The van der Waals surface area contributed by atoms with E-state index in [1.807, 2.05) is 0 Å². The topological polar surface area (TPSA) is 61.7 Å². The van der Waals surface area contributed by atoms with Gasteiger partial charge in [-0.2, -0.15) is 5.10 Å². The summed E-state index contributed by atoms with van der Waals surface area (Å²) >= 11 is 11.4. The molecule has 6 heteroatoms. The van der Waals surface area contributed by atoms with Crippen molar-refractivity contribution in [2.24, 2.45) is 5.10 Å². The van der Waals surface area contributed by atoms with Gasteiger partial charge in [-0.25, -0.2) is 4.79 Å². The van der Waals surface area contributed by atoms with E-state index in [1.165, 1.54) is 6.07 Å². The quantitative estimate of drug-likeness (QED) is 0.622. The van der Waals surface area contributed by atoms with Gasteiger partial charge in [0.2, 0.25) is 0 Å². The van der Waals surface area contributed by atoms with Crippen molar-refractivity contribution in [3.8, 4) is 0 Å². The molecular formula is C8H6Cl2N2O2. The third kappa shape index (κ3) is 3.24. The number of aliphatic carboxylic acids is 1. The molecule has 0 amide bonds. The first-order chi connectivity index (χ1) is 6.59. The van der Waals surface area contributed by atoms with Crippen molar-refractivity contribution < 1.29 is 9.90 Å². The largest absolute Gasteiger partial charge is 0.477 e. The normalized spacial score (nSPS) is 10.4. The van der Waals surface area contributed by atoms with Crippen molar-refractivity contribution in [3.63, 3.8) is 0 Å². The fraction of sp³-hybridized carbons (Fsp3) is 0. The number of nitrogens with one attached hydrogen (secondary N) is 1. The summed E-state index contributed by atoms with van der Waals surface area (Å²) in [5.41, 5.74) is 2.96. The number of carbonyl (C=O) groups is 1. The molecule has 0 bridgehead atoms. The molecule has 1 aromatic rings. The predicted octanol–water partition coefficient (Wildman–Crippen LogP) is 2.48. The average Bonchev–Trinajstić information content (AvgIpc) is 2.08. The Morgan fingerprint density at radius 2 is 2.21 bits per heavy atom. The lowest BCUT2D eigenvalue weighted by Crippen LogP contribution is -1.98. The van der Waals surface area contributed by atoms with E-state index in [4.69, 9.17) is 28.3 Å². The van der Waals surface area contributed by atoms with Gasteiger partial charge < -0.3 is 5.11 Å². The van der Waals surface area contributed by atoms with Gasteiger partial charge in [-0.15, -0.1) is 0 Å². The van der Waals surface area contributed by atoms with E-state index in [1.54, 1.807) is 12.1 Å². The van der Waals surface area contributed by atoms with Gasteiger partial charge in [0.1, 0.15) is 6.21 Å². The molecule has 0 aliphatic heterocycles. The number of hydrogen-bond donors (Lipinski definition) is 2. The zero-order valence-corrected chi connectivity index (χ0v) is 8.38. The van der Waals surface area contributed by atoms with E-state index in [2.05, 4.69) is 10.5 Å². The SMILES string of the molecule is O=C(O)/C=N/Nc1ccc(Cl)cc1Cl. The fourth-order valence-electron chi connectivity index (χ4n) is 0.737. The minimum absolute atomic E-state index is 0.375. The molecule has 4 nitrogen and oxygen atoms in total.